The third-order valence-electron chi connectivity index (χ3n) is 3.00. The summed E-state index contributed by atoms with van der Waals surface area (Å²) < 4.78 is 43.7. The van der Waals surface area contributed by atoms with Gasteiger partial charge in [-0.1, -0.05) is 19.1 Å². The van der Waals surface area contributed by atoms with Crippen molar-refractivity contribution >= 4 is 18.3 Å². The molecular weight excluding hydrogens is 333 g/mol. The largest absolute Gasteiger partial charge is 0.480 e. The Morgan fingerprint density at radius 3 is 2.43 bits per heavy atom. The van der Waals surface area contributed by atoms with E-state index in [4.69, 9.17) is 4.74 Å². The molecule has 1 amide bonds. The second kappa shape index (κ2) is 9.62. The maximum Gasteiger partial charge on any atom is 0.419 e. The summed E-state index contributed by atoms with van der Waals surface area (Å²) in [5.74, 6) is -0.806. The maximum absolute atomic E-state index is 12.8. The minimum absolute atomic E-state index is 0. The molecule has 2 atom stereocenters. The summed E-state index contributed by atoms with van der Waals surface area (Å²) in [5.41, 5.74) is -0.893. The molecule has 0 heterocycles. The van der Waals surface area contributed by atoms with Crippen molar-refractivity contribution in [3.8, 4) is 5.75 Å². The van der Waals surface area contributed by atoms with Gasteiger partial charge in [-0.3, -0.25) is 4.79 Å². The van der Waals surface area contributed by atoms with E-state index < -0.39 is 23.8 Å². The standard InChI is InChI=1S/C15H21F3N2O2.ClH/c1-4-19-10(2)9-20-14(21)11(3)22-13-8-6-5-7-12(13)15(16,17)18;/h5-8,10-11,19H,4,9H2,1-3H3,(H,20,21);1H/t10-,11?;/m1./s1. The zero-order valence-corrected chi connectivity index (χ0v) is 14.1. The van der Waals surface area contributed by atoms with Crippen LogP contribution in [-0.2, 0) is 11.0 Å². The smallest absolute Gasteiger partial charge is 0.419 e. The topological polar surface area (TPSA) is 50.4 Å². The molecule has 0 aliphatic rings. The van der Waals surface area contributed by atoms with E-state index in [1.165, 1.54) is 25.1 Å². The minimum Gasteiger partial charge on any atom is -0.480 e. The van der Waals surface area contributed by atoms with Crippen molar-refractivity contribution in [1.82, 2.24) is 10.6 Å². The lowest BCUT2D eigenvalue weighted by Gasteiger charge is -2.19. The van der Waals surface area contributed by atoms with Crippen LogP contribution in [0.15, 0.2) is 24.3 Å². The highest BCUT2D eigenvalue weighted by atomic mass is 35.5. The first-order valence-electron chi connectivity index (χ1n) is 7.09. The molecule has 0 aromatic heterocycles. The van der Waals surface area contributed by atoms with Gasteiger partial charge in [0.2, 0.25) is 0 Å². The number of rotatable bonds is 7. The number of benzene rings is 1. The van der Waals surface area contributed by atoms with E-state index in [0.717, 1.165) is 12.6 Å². The van der Waals surface area contributed by atoms with Crippen molar-refractivity contribution < 1.29 is 22.7 Å². The van der Waals surface area contributed by atoms with E-state index in [-0.39, 0.29) is 24.2 Å². The Morgan fingerprint density at radius 2 is 1.87 bits per heavy atom. The van der Waals surface area contributed by atoms with Crippen molar-refractivity contribution in [1.29, 1.82) is 0 Å². The molecule has 1 unspecified atom stereocenters. The molecule has 0 fully saturated rings. The molecule has 0 aliphatic heterocycles. The fraction of sp³-hybridized carbons (Fsp3) is 0.533. The molecular formula is C15H22ClF3N2O2. The zero-order chi connectivity index (χ0) is 16.8. The Labute approximate surface area is 140 Å². The molecule has 0 bridgehead atoms. The van der Waals surface area contributed by atoms with Crippen molar-refractivity contribution in [3.05, 3.63) is 29.8 Å². The zero-order valence-electron chi connectivity index (χ0n) is 13.2. The van der Waals surface area contributed by atoms with Gasteiger partial charge in [0, 0.05) is 12.6 Å². The number of amides is 1. The quantitative estimate of drug-likeness (QED) is 0.791. The lowest BCUT2D eigenvalue weighted by Crippen LogP contribution is -2.43. The second-order valence-electron chi connectivity index (χ2n) is 4.96. The molecule has 0 radical (unpaired) electrons. The molecule has 23 heavy (non-hydrogen) atoms. The Kier molecular flexibility index (Phi) is 9.01. The summed E-state index contributed by atoms with van der Waals surface area (Å²) in [6, 6.07) is 4.91. The van der Waals surface area contributed by atoms with Gasteiger partial charge in [-0.05, 0) is 32.5 Å². The van der Waals surface area contributed by atoms with Crippen LogP contribution >= 0.6 is 12.4 Å². The van der Waals surface area contributed by atoms with Gasteiger partial charge in [0.05, 0.1) is 5.56 Å². The molecule has 132 valence electrons. The van der Waals surface area contributed by atoms with Crippen LogP contribution in [0.25, 0.3) is 0 Å². The molecule has 1 rings (SSSR count). The van der Waals surface area contributed by atoms with Gasteiger partial charge in [0.1, 0.15) is 5.75 Å². The molecule has 0 spiro atoms. The van der Waals surface area contributed by atoms with Gasteiger partial charge in [-0.25, -0.2) is 0 Å². The summed E-state index contributed by atoms with van der Waals surface area (Å²) in [6.45, 7) is 6.40. The Bertz CT molecular complexity index is 498. The predicted molar refractivity (Wildman–Crippen MR) is 84.9 cm³/mol. The Balaban J connectivity index is 0.00000484. The molecule has 1 aromatic rings. The summed E-state index contributed by atoms with van der Waals surface area (Å²) in [7, 11) is 0. The number of halogens is 4. The van der Waals surface area contributed by atoms with Crippen LogP contribution in [0, 0.1) is 0 Å². The number of carbonyl (C=O) groups excluding carboxylic acids is 1. The van der Waals surface area contributed by atoms with E-state index in [0.29, 0.717) is 6.54 Å². The average molecular weight is 355 g/mol. The fourth-order valence-corrected chi connectivity index (χ4v) is 1.87. The van der Waals surface area contributed by atoms with Gasteiger partial charge in [-0.2, -0.15) is 13.2 Å². The third-order valence-corrected chi connectivity index (χ3v) is 3.00. The van der Waals surface area contributed by atoms with E-state index in [2.05, 4.69) is 10.6 Å². The van der Waals surface area contributed by atoms with Crippen LogP contribution in [0.1, 0.15) is 26.3 Å². The number of para-hydroxylation sites is 1. The van der Waals surface area contributed by atoms with Crippen LogP contribution in [0.5, 0.6) is 5.75 Å². The van der Waals surface area contributed by atoms with Crippen molar-refractivity contribution in [2.45, 2.75) is 39.1 Å². The summed E-state index contributed by atoms with van der Waals surface area (Å²) in [6.07, 6.45) is -5.54. The SMILES string of the molecule is CCN[C@H](C)CNC(=O)C(C)Oc1ccccc1C(F)(F)F.Cl. The number of ether oxygens (including phenoxy) is 1. The lowest BCUT2D eigenvalue weighted by molar-refractivity contribution is -0.140. The normalized spacial score (nSPS) is 13.7. The van der Waals surface area contributed by atoms with Gasteiger partial charge >= 0.3 is 6.18 Å². The summed E-state index contributed by atoms with van der Waals surface area (Å²) in [5, 5.41) is 5.75. The van der Waals surface area contributed by atoms with Gasteiger partial charge in [-0.15, -0.1) is 12.4 Å². The van der Waals surface area contributed by atoms with Gasteiger partial charge in [0.15, 0.2) is 6.10 Å². The Hall–Kier alpha value is -1.47. The number of hydrogen-bond donors (Lipinski definition) is 2. The second-order valence-corrected chi connectivity index (χ2v) is 4.96. The minimum atomic E-state index is -4.52. The van der Waals surface area contributed by atoms with Crippen molar-refractivity contribution in [3.63, 3.8) is 0 Å². The number of alkyl halides is 3. The molecule has 4 nitrogen and oxygen atoms in total. The molecule has 0 saturated heterocycles. The summed E-state index contributed by atoms with van der Waals surface area (Å²) >= 11 is 0. The molecule has 0 saturated carbocycles. The molecule has 0 aliphatic carbocycles. The third kappa shape index (κ3) is 7.09. The van der Waals surface area contributed by atoms with Gasteiger partial charge in [0.25, 0.3) is 5.91 Å². The fourth-order valence-electron chi connectivity index (χ4n) is 1.87. The number of likely N-dealkylation sites (N-methyl/N-ethyl adjacent to an activating group) is 1. The molecule has 2 N–H and O–H groups in total. The predicted octanol–water partition coefficient (Wildman–Crippen LogP) is 3.01. The lowest BCUT2D eigenvalue weighted by atomic mass is 10.2. The van der Waals surface area contributed by atoms with Crippen molar-refractivity contribution in [2.75, 3.05) is 13.1 Å². The van der Waals surface area contributed by atoms with Crippen LogP contribution in [0.4, 0.5) is 13.2 Å². The molecule has 1 aromatic carbocycles. The van der Waals surface area contributed by atoms with Gasteiger partial charge < -0.3 is 15.4 Å². The van der Waals surface area contributed by atoms with E-state index in [1.54, 1.807) is 0 Å². The molecule has 8 heteroatoms. The van der Waals surface area contributed by atoms with E-state index in [1.807, 2.05) is 13.8 Å². The van der Waals surface area contributed by atoms with E-state index in [9.17, 15) is 18.0 Å². The first kappa shape index (κ1) is 21.5. The Morgan fingerprint density at radius 1 is 1.26 bits per heavy atom. The first-order chi connectivity index (χ1) is 10.3. The summed E-state index contributed by atoms with van der Waals surface area (Å²) in [4.78, 5) is 11.9. The van der Waals surface area contributed by atoms with Crippen molar-refractivity contribution in [2.24, 2.45) is 0 Å². The van der Waals surface area contributed by atoms with Crippen LogP contribution < -0.4 is 15.4 Å². The van der Waals surface area contributed by atoms with Crippen LogP contribution in [0.2, 0.25) is 0 Å². The highest BCUT2D eigenvalue weighted by Crippen LogP contribution is 2.36. The van der Waals surface area contributed by atoms with Crippen LogP contribution in [0.3, 0.4) is 0 Å². The first-order valence-corrected chi connectivity index (χ1v) is 7.09. The highest BCUT2D eigenvalue weighted by molar-refractivity contribution is 5.85. The highest BCUT2D eigenvalue weighted by Gasteiger charge is 2.34. The number of nitrogens with one attached hydrogen (secondary N) is 2. The monoisotopic (exact) mass is 354 g/mol. The average Bonchev–Trinajstić information content (AvgIpc) is 2.44. The maximum atomic E-state index is 12.8. The van der Waals surface area contributed by atoms with Crippen LogP contribution in [-0.4, -0.2) is 31.1 Å². The van der Waals surface area contributed by atoms with E-state index >= 15 is 0 Å². The number of hydrogen-bond acceptors (Lipinski definition) is 3. The number of carbonyl (C=O) groups is 1.